The SMILES string of the molecule is COc1ccc(N)c(CN(C)OC)c1. The van der Waals surface area contributed by atoms with E-state index in [-0.39, 0.29) is 0 Å². The monoisotopic (exact) mass is 196 g/mol. The molecule has 0 aliphatic carbocycles. The van der Waals surface area contributed by atoms with E-state index in [1.807, 2.05) is 25.2 Å². The number of rotatable bonds is 4. The van der Waals surface area contributed by atoms with Gasteiger partial charge in [0.15, 0.2) is 0 Å². The summed E-state index contributed by atoms with van der Waals surface area (Å²) < 4.78 is 5.11. The van der Waals surface area contributed by atoms with Gasteiger partial charge in [-0.3, -0.25) is 0 Å². The van der Waals surface area contributed by atoms with E-state index in [1.54, 1.807) is 19.3 Å². The summed E-state index contributed by atoms with van der Waals surface area (Å²) in [5.74, 6) is 0.804. The van der Waals surface area contributed by atoms with E-state index in [9.17, 15) is 0 Å². The van der Waals surface area contributed by atoms with E-state index in [2.05, 4.69) is 0 Å². The number of nitrogens with two attached hydrogens (primary N) is 1. The van der Waals surface area contributed by atoms with Crippen LogP contribution in [0.25, 0.3) is 0 Å². The van der Waals surface area contributed by atoms with Crippen LogP contribution in [0, 0.1) is 0 Å². The van der Waals surface area contributed by atoms with E-state index in [4.69, 9.17) is 15.3 Å². The third-order valence-electron chi connectivity index (χ3n) is 2.05. The Balaban J connectivity index is 2.83. The fourth-order valence-electron chi connectivity index (χ4n) is 1.15. The average Bonchev–Trinajstić information content (AvgIpc) is 2.21. The molecule has 0 aromatic heterocycles. The van der Waals surface area contributed by atoms with Gasteiger partial charge < -0.3 is 15.3 Å². The number of hydrogen-bond donors (Lipinski definition) is 1. The Hall–Kier alpha value is -1.26. The van der Waals surface area contributed by atoms with E-state index in [1.165, 1.54) is 0 Å². The van der Waals surface area contributed by atoms with E-state index in [0.29, 0.717) is 6.54 Å². The number of nitrogens with zero attached hydrogens (tertiary/aromatic N) is 1. The number of methoxy groups -OCH3 is 1. The van der Waals surface area contributed by atoms with Crippen molar-refractivity contribution < 1.29 is 9.57 Å². The Labute approximate surface area is 84.2 Å². The largest absolute Gasteiger partial charge is 0.497 e. The molecule has 0 heterocycles. The molecule has 0 saturated carbocycles. The maximum atomic E-state index is 5.81. The Morgan fingerprint density at radius 2 is 2.07 bits per heavy atom. The van der Waals surface area contributed by atoms with Gasteiger partial charge in [-0.05, 0) is 23.8 Å². The molecule has 0 unspecified atom stereocenters. The number of nitrogen functional groups attached to an aromatic ring is 1. The quantitative estimate of drug-likeness (QED) is 0.582. The van der Waals surface area contributed by atoms with Crippen LogP contribution in [0.5, 0.6) is 5.75 Å². The average molecular weight is 196 g/mol. The van der Waals surface area contributed by atoms with E-state index in [0.717, 1.165) is 17.0 Å². The van der Waals surface area contributed by atoms with Gasteiger partial charge >= 0.3 is 0 Å². The zero-order valence-electron chi connectivity index (χ0n) is 8.78. The van der Waals surface area contributed by atoms with Gasteiger partial charge in [0, 0.05) is 12.7 Å². The molecule has 1 aromatic rings. The van der Waals surface area contributed by atoms with Crippen LogP contribution in [-0.4, -0.2) is 26.3 Å². The van der Waals surface area contributed by atoms with Gasteiger partial charge in [0.05, 0.1) is 20.8 Å². The standard InChI is InChI=1S/C10H16N2O2/c1-12(14-3)7-8-6-9(13-2)4-5-10(8)11/h4-6H,7,11H2,1-3H3. The summed E-state index contributed by atoms with van der Waals surface area (Å²) in [4.78, 5) is 5.02. The zero-order chi connectivity index (χ0) is 10.6. The molecule has 4 nitrogen and oxygen atoms in total. The Morgan fingerprint density at radius 3 is 2.64 bits per heavy atom. The van der Waals surface area contributed by atoms with E-state index >= 15 is 0 Å². The summed E-state index contributed by atoms with van der Waals surface area (Å²) in [6.07, 6.45) is 0. The van der Waals surface area contributed by atoms with Crippen molar-refractivity contribution in [3.05, 3.63) is 23.8 Å². The summed E-state index contributed by atoms with van der Waals surface area (Å²) in [7, 11) is 5.10. The molecule has 78 valence electrons. The van der Waals surface area contributed by atoms with Crippen LogP contribution in [0.1, 0.15) is 5.56 Å². The number of hydrogen-bond acceptors (Lipinski definition) is 4. The van der Waals surface area contributed by atoms with Gasteiger partial charge in [-0.2, -0.15) is 5.06 Å². The molecule has 0 spiro atoms. The Morgan fingerprint density at radius 1 is 1.36 bits per heavy atom. The molecule has 14 heavy (non-hydrogen) atoms. The van der Waals surface area contributed by atoms with Gasteiger partial charge in [0.25, 0.3) is 0 Å². The topological polar surface area (TPSA) is 47.7 Å². The normalized spacial score (nSPS) is 10.6. The highest BCUT2D eigenvalue weighted by Crippen LogP contribution is 2.20. The number of anilines is 1. The lowest BCUT2D eigenvalue weighted by molar-refractivity contribution is -0.116. The van der Waals surface area contributed by atoms with Crippen LogP contribution < -0.4 is 10.5 Å². The first-order valence-corrected chi connectivity index (χ1v) is 4.35. The molecular weight excluding hydrogens is 180 g/mol. The van der Waals surface area contributed by atoms with Crippen molar-refractivity contribution >= 4 is 5.69 Å². The first kappa shape index (κ1) is 10.8. The van der Waals surface area contributed by atoms with Crippen molar-refractivity contribution in [3.63, 3.8) is 0 Å². The van der Waals surface area contributed by atoms with Crippen molar-refractivity contribution in [3.8, 4) is 5.75 Å². The van der Waals surface area contributed by atoms with Gasteiger partial charge in [0.1, 0.15) is 5.75 Å². The van der Waals surface area contributed by atoms with Crippen molar-refractivity contribution in [2.75, 3.05) is 27.0 Å². The first-order chi connectivity index (χ1) is 6.67. The highest BCUT2D eigenvalue weighted by Gasteiger charge is 2.04. The van der Waals surface area contributed by atoms with Gasteiger partial charge in [-0.1, -0.05) is 0 Å². The lowest BCUT2D eigenvalue weighted by atomic mass is 10.1. The molecule has 0 atom stereocenters. The summed E-state index contributed by atoms with van der Waals surface area (Å²) in [5, 5.41) is 1.70. The van der Waals surface area contributed by atoms with Crippen LogP contribution >= 0.6 is 0 Å². The van der Waals surface area contributed by atoms with Crippen molar-refractivity contribution in [2.24, 2.45) is 0 Å². The predicted octanol–water partition coefficient (Wildman–Crippen LogP) is 1.27. The molecule has 2 N–H and O–H groups in total. The van der Waals surface area contributed by atoms with Crippen LogP contribution in [0.3, 0.4) is 0 Å². The molecule has 0 fully saturated rings. The summed E-state index contributed by atoms with van der Waals surface area (Å²) in [5.41, 5.74) is 7.55. The molecule has 0 radical (unpaired) electrons. The molecule has 0 aliphatic heterocycles. The zero-order valence-corrected chi connectivity index (χ0v) is 8.78. The second-order valence-electron chi connectivity index (χ2n) is 3.03. The van der Waals surface area contributed by atoms with Crippen LogP contribution in [0.2, 0.25) is 0 Å². The Bertz CT molecular complexity index is 302. The number of ether oxygens (including phenoxy) is 1. The molecule has 0 amide bonds. The van der Waals surface area contributed by atoms with Gasteiger partial charge in [-0.25, -0.2) is 0 Å². The third-order valence-corrected chi connectivity index (χ3v) is 2.05. The molecular formula is C10H16N2O2. The number of benzene rings is 1. The minimum atomic E-state index is 0.638. The first-order valence-electron chi connectivity index (χ1n) is 4.35. The van der Waals surface area contributed by atoms with Crippen LogP contribution in [0.4, 0.5) is 5.69 Å². The maximum Gasteiger partial charge on any atom is 0.119 e. The summed E-state index contributed by atoms with van der Waals surface area (Å²) in [6.45, 7) is 0.638. The fourth-order valence-corrected chi connectivity index (χ4v) is 1.15. The minimum absolute atomic E-state index is 0.638. The molecule has 1 rings (SSSR count). The highest BCUT2D eigenvalue weighted by molar-refractivity contribution is 5.50. The van der Waals surface area contributed by atoms with Crippen LogP contribution in [0.15, 0.2) is 18.2 Å². The lowest BCUT2D eigenvalue weighted by Gasteiger charge is -2.15. The van der Waals surface area contributed by atoms with Crippen molar-refractivity contribution in [1.82, 2.24) is 5.06 Å². The smallest absolute Gasteiger partial charge is 0.119 e. The van der Waals surface area contributed by atoms with Gasteiger partial charge in [-0.15, -0.1) is 0 Å². The molecule has 1 aromatic carbocycles. The summed E-state index contributed by atoms with van der Waals surface area (Å²) >= 11 is 0. The predicted molar refractivity (Wildman–Crippen MR) is 55.9 cm³/mol. The van der Waals surface area contributed by atoms with Gasteiger partial charge in [0.2, 0.25) is 0 Å². The second-order valence-corrected chi connectivity index (χ2v) is 3.03. The number of hydroxylamine groups is 2. The summed E-state index contributed by atoms with van der Waals surface area (Å²) in [6, 6.07) is 5.58. The fraction of sp³-hybridized carbons (Fsp3) is 0.400. The van der Waals surface area contributed by atoms with Crippen molar-refractivity contribution in [1.29, 1.82) is 0 Å². The maximum absolute atomic E-state index is 5.81. The lowest BCUT2D eigenvalue weighted by Crippen LogP contribution is -2.16. The second kappa shape index (κ2) is 4.83. The molecule has 0 saturated heterocycles. The third kappa shape index (κ3) is 2.61. The molecule has 0 bridgehead atoms. The minimum Gasteiger partial charge on any atom is -0.497 e. The Kier molecular flexibility index (Phi) is 3.73. The molecule has 4 heteroatoms. The highest BCUT2D eigenvalue weighted by atomic mass is 16.7. The molecule has 0 aliphatic rings. The van der Waals surface area contributed by atoms with Crippen LogP contribution in [-0.2, 0) is 11.4 Å². The van der Waals surface area contributed by atoms with Crippen molar-refractivity contribution in [2.45, 2.75) is 6.54 Å². The van der Waals surface area contributed by atoms with E-state index < -0.39 is 0 Å².